The Balaban J connectivity index is 2.15. The van der Waals surface area contributed by atoms with Gasteiger partial charge < -0.3 is 9.84 Å². The fourth-order valence-electron chi connectivity index (χ4n) is 1.97. The number of carboxylic acids is 1. The van der Waals surface area contributed by atoms with Gasteiger partial charge in [-0.1, -0.05) is 22.0 Å². The SMILES string of the molecule is C=CC(NCc1cc(Br)cc2c1OCC2)C(=O)O. The first-order valence-electron chi connectivity index (χ1n) is 5.64. The number of nitrogens with one attached hydrogen (secondary N) is 1. The van der Waals surface area contributed by atoms with Crippen LogP contribution in [0, 0.1) is 0 Å². The number of benzene rings is 1. The molecule has 18 heavy (non-hydrogen) atoms. The molecule has 5 heteroatoms. The molecule has 0 bridgehead atoms. The largest absolute Gasteiger partial charge is 0.493 e. The van der Waals surface area contributed by atoms with E-state index in [4.69, 9.17) is 9.84 Å². The van der Waals surface area contributed by atoms with Crippen molar-refractivity contribution in [2.75, 3.05) is 6.61 Å². The van der Waals surface area contributed by atoms with Gasteiger partial charge in [0.2, 0.25) is 0 Å². The minimum Gasteiger partial charge on any atom is -0.493 e. The van der Waals surface area contributed by atoms with Gasteiger partial charge in [0.15, 0.2) is 0 Å². The first-order chi connectivity index (χ1) is 8.61. The van der Waals surface area contributed by atoms with Crippen LogP contribution in [0.5, 0.6) is 5.75 Å². The molecule has 2 rings (SSSR count). The Morgan fingerprint density at radius 1 is 1.67 bits per heavy atom. The van der Waals surface area contributed by atoms with Crippen molar-refractivity contribution < 1.29 is 14.6 Å². The van der Waals surface area contributed by atoms with Gasteiger partial charge in [-0.15, -0.1) is 6.58 Å². The molecule has 1 unspecified atom stereocenters. The van der Waals surface area contributed by atoms with E-state index in [2.05, 4.69) is 27.8 Å². The molecule has 1 heterocycles. The standard InChI is InChI=1S/C13H14BrNO3/c1-2-11(13(16)17)15-7-9-6-10(14)5-8-3-4-18-12(8)9/h2,5-6,11,15H,1,3-4,7H2,(H,16,17). The molecule has 0 aromatic heterocycles. The lowest BCUT2D eigenvalue weighted by atomic mass is 10.1. The van der Waals surface area contributed by atoms with Crippen LogP contribution in [-0.2, 0) is 17.8 Å². The fraction of sp³-hybridized carbons (Fsp3) is 0.308. The molecule has 1 aromatic rings. The highest BCUT2D eigenvalue weighted by Crippen LogP contribution is 2.32. The summed E-state index contributed by atoms with van der Waals surface area (Å²) in [6, 6.07) is 3.23. The summed E-state index contributed by atoms with van der Waals surface area (Å²) < 4.78 is 6.56. The lowest BCUT2D eigenvalue weighted by molar-refractivity contribution is -0.138. The van der Waals surface area contributed by atoms with E-state index < -0.39 is 12.0 Å². The van der Waals surface area contributed by atoms with Crippen LogP contribution in [-0.4, -0.2) is 23.7 Å². The zero-order valence-electron chi connectivity index (χ0n) is 9.78. The summed E-state index contributed by atoms with van der Waals surface area (Å²) in [6.45, 7) is 4.62. The van der Waals surface area contributed by atoms with E-state index >= 15 is 0 Å². The maximum absolute atomic E-state index is 10.9. The smallest absolute Gasteiger partial charge is 0.324 e. The maximum Gasteiger partial charge on any atom is 0.324 e. The van der Waals surface area contributed by atoms with Crippen molar-refractivity contribution in [3.8, 4) is 5.75 Å². The number of fused-ring (bicyclic) bond motifs is 1. The van der Waals surface area contributed by atoms with Crippen molar-refractivity contribution >= 4 is 21.9 Å². The first kappa shape index (κ1) is 13.1. The molecular weight excluding hydrogens is 298 g/mol. The topological polar surface area (TPSA) is 58.6 Å². The van der Waals surface area contributed by atoms with Crippen LogP contribution >= 0.6 is 15.9 Å². The third kappa shape index (κ3) is 2.73. The van der Waals surface area contributed by atoms with E-state index in [-0.39, 0.29) is 0 Å². The second-order valence-electron chi connectivity index (χ2n) is 4.08. The van der Waals surface area contributed by atoms with Crippen LogP contribution in [0.2, 0.25) is 0 Å². The van der Waals surface area contributed by atoms with Gasteiger partial charge in [0, 0.05) is 23.0 Å². The predicted molar refractivity (Wildman–Crippen MR) is 71.8 cm³/mol. The second kappa shape index (κ2) is 5.54. The van der Waals surface area contributed by atoms with Crippen molar-refractivity contribution in [1.29, 1.82) is 0 Å². The molecule has 0 fully saturated rings. The number of rotatable bonds is 5. The van der Waals surface area contributed by atoms with Gasteiger partial charge in [-0.05, 0) is 17.7 Å². The van der Waals surface area contributed by atoms with Crippen LogP contribution in [0.3, 0.4) is 0 Å². The van der Waals surface area contributed by atoms with Gasteiger partial charge in [0.1, 0.15) is 11.8 Å². The van der Waals surface area contributed by atoms with Gasteiger partial charge in [0.25, 0.3) is 0 Å². The molecule has 0 radical (unpaired) electrons. The highest BCUT2D eigenvalue weighted by atomic mass is 79.9. The van der Waals surface area contributed by atoms with Crippen LogP contribution < -0.4 is 10.1 Å². The first-order valence-corrected chi connectivity index (χ1v) is 6.44. The molecule has 0 saturated heterocycles. The monoisotopic (exact) mass is 311 g/mol. The third-order valence-corrected chi connectivity index (χ3v) is 3.30. The summed E-state index contributed by atoms with van der Waals surface area (Å²) in [5.74, 6) is -0.0588. The number of aliphatic carboxylic acids is 1. The van der Waals surface area contributed by atoms with E-state index in [0.29, 0.717) is 13.2 Å². The molecule has 96 valence electrons. The van der Waals surface area contributed by atoms with Crippen molar-refractivity contribution in [1.82, 2.24) is 5.32 Å². The van der Waals surface area contributed by atoms with Gasteiger partial charge >= 0.3 is 5.97 Å². The van der Waals surface area contributed by atoms with E-state index in [1.54, 1.807) is 0 Å². The van der Waals surface area contributed by atoms with Crippen LogP contribution in [0.15, 0.2) is 29.3 Å². The highest BCUT2D eigenvalue weighted by molar-refractivity contribution is 9.10. The maximum atomic E-state index is 10.9. The van der Waals surface area contributed by atoms with E-state index in [0.717, 1.165) is 27.8 Å². The molecule has 1 aromatic carbocycles. The number of hydrogen-bond acceptors (Lipinski definition) is 3. The van der Waals surface area contributed by atoms with Gasteiger partial charge in [-0.2, -0.15) is 0 Å². The van der Waals surface area contributed by atoms with Crippen LogP contribution in [0.1, 0.15) is 11.1 Å². The van der Waals surface area contributed by atoms with Gasteiger partial charge in [-0.3, -0.25) is 10.1 Å². The van der Waals surface area contributed by atoms with E-state index in [9.17, 15) is 4.79 Å². The molecule has 0 saturated carbocycles. The van der Waals surface area contributed by atoms with Crippen molar-refractivity contribution in [2.24, 2.45) is 0 Å². The normalized spacial score (nSPS) is 14.7. The number of carboxylic acid groups (broad SMARTS) is 1. The molecule has 1 aliphatic heterocycles. The zero-order valence-corrected chi connectivity index (χ0v) is 11.4. The number of carbonyl (C=O) groups is 1. The summed E-state index contributed by atoms with van der Waals surface area (Å²) >= 11 is 3.45. The lowest BCUT2D eigenvalue weighted by Crippen LogP contribution is -2.34. The van der Waals surface area contributed by atoms with E-state index in [1.165, 1.54) is 6.08 Å². The summed E-state index contributed by atoms with van der Waals surface area (Å²) in [6.07, 6.45) is 2.27. The number of halogens is 1. The summed E-state index contributed by atoms with van der Waals surface area (Å²) in [7, 11) is 0. The Labute approximate surface area is 114 Å². The molecule has 4 nitrogen and oxygen atoms in total. The summed E-state index contributed by atoms with van der Waals surface area (Å²) in [4.78, 5) is 10.9. The van der Waals surface area contributed by atoms with Crippen molar-refractivity contribution in [3.63, 3.8) is 0 Å². The molecule has 0 aliphatic carbocycles. The molecule has 0 spiro atoms. The third-order valence-electron chi connectivity index (χ3n) is 2.84. The minimum absolute atomic E-state index is 0.435. The average Bonchev–Trinajstić information content (AvgIpc) is 2.77. The Kier molecular flexibility index (Phi) is 4.04. The Morgan fingerprint density at radius 2 is 2.44 bits per heavy atom. The molecular formula is C13H14BrNO3. The second-order valence-corrected chi connectivity index (χ2v) is 5.00. The molecule has 1 atom stereocenters. The van der Waals surface area contributed by atoms with Gasteiger partial charge in [-0.25, -0.2) is 0 Å². The fourth-order valence-corrected chi connectivity index (χ4v) is 2.52. The molecule has 2 N–H and O–H groups in total. The summed E-state index contributed by atoms with van der Waals surface area (Å²) in [5.41, 5.74) is 2.12. The van der Waals surface area contributed by atoms with Crippen LogP contribution in [0.25, 0.3) is 0 Å². The van der Waals surface area contributed by atoms with Gasteiger partial charge in [0.05, 0.1) is 6.61 Å². The zero-order chi connectivity index (χ0) is 13.1. The number of ether oxygens (including phenoxy) is 1. The quantitative estimate of drug-likeness (QED) is 0.818. The van der Waals surface area contributed by atoms with Crippen molar-refractivity contribution in [2.45, 2.75) is 19.0 Å². The lowest BCUT2D eigenvalue weighted by Gasteiger charge is -2.13. The Bertz CT molecular complexity index is 487. The average molecular weight is 312 g/mol. The highest BCUT2D eigenvalue weighted by Gasteiger charge is 2.19. The summed E-state index contributed by atoms with van der Waals surface area (Å²) in [5, 5.41) is 11.8. The predicted octanol–water partition coefficient (Wildman–Crippen LogP) is 2.11. The Morgan fingerprint density at radius 3 is 3.11 bits per heavy atom. The number of hydrogen-bond donors (Lipinski definition) is 2. The molecule has 1 aliphatic rings. The van der Waals surface area contributed by atoms with E-state index in [1.807, 2.05) is 12.1 Å². The molecule has 0 amide bonds. The van der Waals surface area contributed by atoms with Crippen molar-refractivity contribution in [3.05, 3.63) is 40.4 Å². The minimum atomic E-state index is -0.933. The Hall–Kier alpha value is -1.33. The van der Waals surface area contributed by atoms with Crippen LogP contribution in [0.4, 0.5) is 0 Å².